The number of aldehydes is 1. The van der Waals surface area contributed by atoms with Gasteiger partial charge in [0, 0.05) is 5.56 Å². The molecule has 0 unspecified atom stereocenters. The number of carbonyl (C=O) groups is 1. The summed E-state index contributed by atoms with van der Waals surface area (Å²) in [5.41, 5.74) is 1.27. The van der Waals surface area contributed by atoms with E-state index < -0.39 is 0 Å². The van der Waals surface area contributed by atoms with Crippen LogP contribution >= 0.6 is 0 Å². The van der Waals surface area contributed by atoms with Crippen LogP contribution in [0.25, 0.3) is 11.3 Å². The third kappa shape index (κ3) is 1.76. The Morgan fingerprint density at radius 1 is 1.47 bits per heavy atom. The zero-order valence-corrected chi connectivity index (χ0v) is 7.68. The minimum Gasteiger partial charge on any atom is -0.434 e. The van der Waals surface area contributed by atoms with Crippen LogP contribution < -0.4 is 0 Å². The van der Waals surface area contributed by atoms with Gasteiger partial charge in [0.15, 0.2) is 5.76 Å². The van der Waals surface area contributed by atoms with E-state index in [1.165, 1.54) is 6.20 Å². The van der Waals surface area contributed by atoms with Crippen LogP contribution in [0.2, 0.25) is 0 Å². The maximum atomic E-state index is 10.4. The maximum absolute atomic E-state index is 10.4. The van der Waals surface area contributed by atoms with Gasteiger partial charge in [-0.25, -0.2) is 4.98 Å². The number of rotatable bonds is 2. The molecule has 0 bridgehead atoms. The Morgan fingerprint density at radius 2 is 2.33 bits per heavy atom. The van der Waals surface area contributed by atoms with E-state index in [4.69, 9.17) is 9.68 Å². The summed E-state index contributed by atoms with van der Waals surface area (Å²) in [7, 11) is 0. The van der Waals surface area contributed by atoms with Crippen LogP contribution in [0, 0.1) is 11.3 Å². The molecule has 0 fully saturated rings. The number of nitrogens with zero attached hydrogens (tertiary/aromatic N) is 2. The molecule has 1 aromatic carbocycles. The van der Waals surface area contributed by atoms with E-state index >= 15 is 0 Å². The molecular weight excluding hydrogens is 192 g/mol. The summed E-state index contributed by atoms with van der Waals surface area (Å²) in [6, 6.07) is 8.93. The normalized spacial score (nSPS) is 9.53. The summed E-state index contributed by atoms with van der Waals surface area (Å²) in [4.78, 5) is 14.1. The number of hydrogen-bond acceptors (Lipinski definition) is 4. The Kier molecular flexibility index (Phi) is 2.30. The van der Waals surface area contributed by atoms with Crippen LogP contribution in [0.15, 0.2) is 34.9 Å². The van der Waals surface area contributed by atoms with Crippen molar-refractivity contribution < 1.29 is 9.21 Å². The first-order valence-corrected chi connectivity index (χ1v) is 4.25. The number of oxazole rings is 1. The van der Waals surface area contributed by atoms with Crippen LogP contribution in [-0.4, -0.2) is 11.3 Å². The Bertz CT molecular complexity index is 538. The van der Waals surface area contributed by atoms with Crippen molar-refractivity contribution in [1.29, 1.82) is 5.26 Å². The van der Waals surface area contributed by atoms with E-state index in [-0.39, 0.29) is 5.89 Å². The van der Waals surface area contributed by atoms with E-state index in [9.17, 15) is 4.79 Å². The molecule has 0 radical (unpaired) electrons. The lowest BCUT2D eigenvalue weighted by Gasteiger charge is -1.95. The molecule has 0 spiro atoms. The molecule has 2 aromatic rings. The molecule has 72 valence electrons. The van der Waals surface area contributed by atoms with Gasteiger partial charge in [-0.2, -0.15) is 5.26 Å². The SMILES string of the molecule is N#Cc1cccc(-c2cnc(C=O)o2)c1. The molecule has 2 rings (SSSR count). The van der Waals surface area contributed by atoms with Crippen molar-refractivity contribution in [1.82, 2.24) is 4.98 Å². The van der Waals surface area contributed by atoms with E-state index in [0.29, 0.717) is 17.6 Å². The van der Waals surface area contributed by atoms with E-state index in [0.717, 1.165) is 5.56 Å². The molecule has 4 nitrogen and oxygen atoms in total. The Labute approximate surface area is 85.8 Å². The molecule has 0 saturated carbocycles. The van der Waals surface area contributed by atoms with Crippen LogP contribution in [-0.2, 0) is 0 Å². The minimum atomic E-state index is 0.0346. The van der Waals surface area contributed by atoms with Gasteiger partial charge in [-0.05, 0) is 12.1 Å². The molecule has 0 amide bonds. The topological polar surface area (TPSA) is 66.9 Å². The molecule has 0 aliphatic carbocycles. The minimum absolute atomic E-state index is 0.0346. The Balaban J connectivity index is 2.45. The molecule has 4 heteroatoms. The molecule has 0 saturated heterocycles. The van der Waals surface area contributed by atoms with Crippen molar-refractivity contribution in [3.05, 3.63) is 41.9 Å². The highest BCUT2D eigenvalue weighted by atomic mass is 16.4. The first-order chi connectivity index (χ1) is 7.33. The highest BCUT2D eigenvalue weighted by Crippen LogP contribution is 2.20. The van der Waals surface area contributed by atoms with Crippen molar-refractivity contribution in [3.8, 4) is 17.4 Å². The third-order valence-corrected chi connectivity index (χ3v) is 1.90. The van der Waals surface area contributed by atoms with Crippen LogP contribution in [0.4, 0.5) is 0 Å². The zero-order chi connectivity index (χ0) is 10.7. The van der Waals surface area contributed by atoms with Gasteiger partial charge in [0.2, 0.25) is 6.29 Å². The molecular formula is C11H6N2O2. The number of benzene rings is 1. The van der Waals surface area contributed by atoms with Crippen LogP contribution in [0.1, 0.15) is 16.2 Å². The van der Waals surface area contributed by atoms with Gasteiger partial charge >= 0.3 is 0 Å². The quantitative estimate of drug-likeness (QED) is 0.692. The lowest BCUT2D eigenvalue weighted by molar-refractivity contribution is 0.109. The van der Waals surface area contributed by atoms with E-state index in [1.807, 2.05) is 6.07 Å². The Morgan fingerprint density at radius 3 is 3.00 bits per heavy atom. The van der Waals surface area contributed by atoms with E-state index in [2.05, 4.69) is 4.98 Å². The fourth-order valence-corrected chi connectivity index (χ4v) is 1.22. The lowest BCUT2D eigenvalue weighted by Crippen LogP contribution is -1.77. The summed E-state index contributed by atoms with van der Waals surface area (Å²) >= 11 is 0. The van der Waals surface area contributed by atoms with Gasteiger partial charge in [-0.1, -0.05) is 12.1 Å². The first-order valence-electron chi connectivity index (χ1n) is 4.25. The van der Waals surface area contributed by atoms with Gasteiger partial charge in [0.05, 0.1) is 17.8 Å². The molecule has 0 atom stereocenters. The molecule has 1 heterocycles. The van der Waals surface area contributed by atoms with E-state index in [1.54, 1.807) is 24.3 Å². The van der Waals surface area contributed by atoms with Gasteiger partial charge in [0.25, 0.3) is 5.89 Å². The predicted molar refractivity (Wildman–Crippen MR) is 52.0 cm³/mol. The van der Waals surface area contributed by atoms with Gasteiger partial charge in [-0.15, -0.1) is 0 Å². The van der Waals surface area contributed by atoms with Gasteiger partial charge in [0.1, 0.15) is 0 Å². The largest absolute Gasteiger partial charge is 0.434 e. The second kappa shape index (κ2) is 3.76. The zero-order valence-electron chi connectivity index (χ0n) is 7.68. The van der Waals surface area contributed by atoms with Crippen molar-refractivity contribution in [2.45, 2.75) is 0 Å². The molecule has 0 N–H and O–H groups in total. The molecule has 0 aliphatic heterocycles. The standard InChI is InChI=1S/C11H6N2O2/c12-5-8-2-1-3-9(4-8)10-6-13-11(7-14)15-10/h1-4,6-7H. The predicted octanol–water partition coefficient (Wildman–Crippen LogP) is 2.03. The number of aromatic nitrogens is 1. The maximum Gasteiger partial charge on any atom is 0.260 e. The lowest BCUT2D eigenvalue weighted by atomic mass is 10.1. The Hall–Kier alpha value is -2.41. The number of nitriles is 1. The number of hydrogen-bond donors (Lipinski definition) is 0. The average Bonchev–Trinajstić information content (AvgIpc) is 2.78. The summed E-state index contributed by atoms with van der Waals surface area (Å²) in [5.74, 6) is 0.515. The van der Waals surface area contributed by atoms with Crippen molar-refractivity contribution >= 4 is 6.29 Å². The number of carbonyl (C=O) groups excluding carboxylic acids is 1. The highest BCUT2D eigenvalue weighted by molar-refractivity contribution is 5.69. The summed E-state index contributed by atoms with van der Waals surface area (Å²) in [6.07, 6.45) is 2.00. The highest BCUT2D eigenvalue weighted by Gasteiger charge is 2.05. The summed E-state index contributed by atoms with van der Waals surface area (Å²) < 4.78 is 5.13. The molecule has 0 aliphatic rings. The fraction of sp³-hybridized carbons (Fsp3) is 0. The first kappa shape index (κ1) is 9.16. The second-order valence-electron chi connectivity index (χ2n) is 2.87. The molecule has 15 heavy (non-hydrogen) atoms. The smallest absolute Gasteiger partial charge is 0.260 e. The van der Waals surface area contributed by atoms with Gasteiger partial charge in [-0.3, -0.25) is 4.79 Å². The fourth-order valence-electron chi connectivity index (χ4n) is 1.22. The van der Waals surface area contributed by atoms with Crippen LogP contribution in [0.3, 0.4) is 0 Å². The summed E-state index contributed by atoms with van der Waals surface area (Å²) in [5, 5.41) is 8.71. The second-order valence-corrected chi connectivity index (χ2v) is 2.87. The van der Waals surface area contributed by atoms with Crippen molar-refractivity contribution in [2.75, 3.05) is 0 Å². The average molecular weight is 198 g/mol. The van der Waals surface area contributed by atoms with Crippen LogP contribution in [0.5, 0.6) is 0 Å². The third-order valence-electron chi connectivity index (χ3n) is 1.90. The van der Waals surface area contributed by atoms with Crippen molar-refractivity contribution in [2.24, 2.45) is 0 Å². The monoisotopic (exact) mass is 198 g/mol. The van der Waals surface area contributed by atoms with Crippen molar-refractivity contribution in [3.63, 3.8) is 0 Å². The molecule has 1 aromatic heterocycles. The summed E-state index contributed by atoms with van der Waals surface area (Å²) in [6.45, 7) is 0. The van der Waals surface area contributed by atoms with Gasteiger partial charge < -0.3 is 4.42 Å².